The highest BCUT2D eigenvalue weighted by molar-refractivity contribution is 8.01. The van der Waals surface area contributed by atoms with Gasteiger partial charge in [0.25, 0.3) is 0 Å². The average Bonchev–Trinajstić information content (AvgIpc) is 2.90. The molecule has 2 heterocycles. The van der Waals surface area contributed by atoms with Gasteiger partial charge in [-0.3, -0.25) is 9.78 Å². The zero-order chi connectivity index (χ0) is 19.0. The number of amides is 1. The van der Waals surface area contributed by atoms with E-state index in [0.29, 0.717) is 6.54 Å². The maximum atomic E-state index is 13.0. The van der Waals surface area contributed by atoms with Gasteiger partial charge in [-0.1, -0.05) is 57.9 Å². The predicted octanol–water partition coefficient (Wildman–Crippen LogP) is 4.90. The normalized spacial score (nSPS) is 20.8. The van der Waals surface area contributed by atoms with Gasteiger partial charge in [0, 0.05) is 30.0 Å². The number of unbranched alkanes of at least 4 members (excludes halogenated alkanes) is 6. The fraction of sp³-hybridized carbons (Fsp3) is 0.714. The van der Waals surface area contributed by atoms with Crippen LogP contribution in [0.3, 0.4) is 0 Å². The zero-order valence-corrected chi connectivity index (χ0v) is 17.4. The van der Waals surface area contributed by atoms with Crippen molar-refractivity contribution in [2.45, 2.75) is 88.3 Å². The van der Waals surface area contributed by atoms with E-state index < -0.39 is 5.54 Å². The number of aromatic nitrogens is 1. The Morgan fingerprint density at radius 2 is 1.88 bits per heavy atom. The Labute approximate surface area is 163 Å². The molecular formula is C21H35N3OS. The molecule has 1 aromatic rings. The molecule has 0 spiro atoms. The number of hydrogen-bond acceptors (Lipinski definition) is 4. The van der Waals surface area contributed by atoms with Crippen LogP contribution in [0.4, 0.5) is 0 Å². The molecule has 1 aliphatic heterocycles. The fourth-order valence-corrected chi connectivity index (χ4v) is 4.93. The Morgan fingerprint density at radius 1 is 1.19 bits per heavy atom. The van der Waals surface area contributed by atoms with E-state index in [1.165, 1.54) is 38.5 Å². The van der Waals surface area contributed by atoms with Crippen molar-refractivity contribution in [1.29, 1.82) is 0 Å². The number of thioether (sulfide) groups is 1. The van der Waals surface area contributed by atoms with E-state index in [9.17, 15) is 4.79 Å². The Kier molecular flexibility index (Phi) is 8.42. The summed E-state index contributed by atoms with van der Waals surface area (Å²) in [6, 6.07) is 4.00. The molecule has 2 rings (SSSR count). The van der Waals surface area contributed by atoms with Gasteiger partial charge in [-0.2, -0.15) is 0 Å². The molecule has 1 amide bonds. The van der Waals surface area contributed by atoms with Crippen LogP contribution in [0.15, 0.2) is 24.5 Å². The van der Waals surface area contributed by atoms with E-state index >= 15 is 0 Å². The van der Waals surface area contributed by atoms with Crippen molar-refractivity contribution < 1.29 is 4.79 Å². The lowest BCUT2D eigenvalue weighted by Crippen LogP contribution is -2.47. The minimum absolute atomic E-state index is 0.0357. The third-order valence-electron chi connectivity index (χ3n) is 4.75. The smallest absolute Gasteiger partial charge is 0.237 e. The Hall–Kier alpha value is -1.07. The maximum absolute atomic E-state index is 13.0. The lowest BCUT2D eigenvalue weighted by Gasteiger charge is -2.30. The molecule has 1 fully saturated rings. The molecule has 0 saturated carbocycles. The van der Waals surface area contributed by atoms with Crippen LogP contribution < -0.4 is 5.73 Å². The second-order valence-electron chi connectivity index (χ2n) is 8.13. The second kappa shape index (κ2) is 10.3. The summed E-state index contributed by atoms with van der Waals surface area (Å²) in [6.45, 7) is 6.78. The maximum Gasteiger partial charge on any atom is 0.237 e. The van der Waals surface area contributed by atoms with Crippen LogP contribution in [0.25, 0.3) is 0 Å². The monoisotopic (exact) mass is 377 g/mol. The average molecular weight is 378 g/mol. The molecule has 0 radical (unpaired) electrons. The third-order valence-corrected chi connectivity index (χ3v) is 6.30. The highest BCUT2D eigenvalue weighted by atomic mass is 32.2. The number of nitrogens with zero attached hydrogens (tertiary/aromatic N) is 2. The van der Waals surface area contributed by atoms with Crippen LogP contribution in [0, 0.1) is 0 Å². The van der Waals surface area contributed by atoms with Crippen LogP contribution in [-0.4, -0.2) is 33.1 Å². The van der Waals surface area contributed by atoms with Gasteiger partial charge in [0.15, 0.2) is 0 Å². The van der Waals surface area contributed by atoms with E-state index in [1.54, 1.807) is 18.0 Å². The van der Waals surface area contributed by atoms with Crippen molar-refractivity contribution in [3.63, 3.8) is 0 Å². The molecule has 2 N–H and O–H groups in total. The first kappa shape index (κ1) is 21.2. The Morgan fingerprint density at radius 3 is 2.50 bits per heavy atom. The quantitative estimate of drug-likeness (QED) is 0.557. The minimum atomic E-state index is -0.398. The standard InChI is InChI=1S/C21H35N3OS/c1-4-5-6-7-8-9-10-13-18-19(25)24(16-21(2,3)22)20(26-18)17-12-11-14-23-15-17/h11-12,14-15,18,20H,4-10,13,16,22H2,1-3H3. The number of carbonyl (C=O) groups is 1. The van der Waals surface area contributed by atoms with Crippen LogP contribution in [0.1, 0.15) is 83.1 Å². The summed E-state index contributed by atoms with van der Waals surface area (Å²) in [5.41, 5.74) is 6.92. The van der Waals surface area contributed by atoms with Gasteiger partial charge < -0.3 is 10.6 Å². The van der Waals surface area contributed by atoms with Crippen LogP contribution in [0.2, 0.25) is 0 Å². The van der Waals surface area contributed by atoms with Gasteiger partial charge in [-0.05, 0) is 26.3 Å². The number of nitrogens with two attached hydrogens (primary N) is 1. The molecule has 26 heavy (non-hydrogen) atoms. The highest BCUT2D eigenvalue weighted by Gasteiger charge is 2.42. The van der Waals surface area contributed by atoms with E-state index in [0.717, 1.165) is 18.4 Å². The summed E-state index contributed by atoms with van der Waals surface area (Å²) in [7, 11) is 0. The largest absolute Gasteiger partial charge is 0.324 e. The highest BCUT2D eigenvalue weighted by Crippen LogP contribution is 2.44. The van der Waals surface area contributed by atoms with Crippen molar-refractivity contribution in [2.75, 3.05) is 6.54 Å². The van der Waals surface area contributed by atoms with Crippen LogP contribution >= 0.6 is 11.8 Å². The van der Waals surface area contributed by atoms with Crippen molar-refractivity contribution in [2.24, 2.45) is 5.73 Å². The molecule has 2 unspecified atom stereocenters. The molecule has 146 valence electrons. The molecule has 1 aliphatic rings. The summed E-state index contributed by atoms with van der Waals surface area (Å²) in [5, 5.41) is 0.0896. The van der Waals surface area contributed by atoms with E-state index in [-0.39, 0.29) is 16.5 Å². The lowest BCUT2D eigenvalue weighted by molar-refractivity contribution is -0.130. The molecule has 5 heteroatoms. The van der Waals surface area contributed by atoms with E-state index in [4.69, 9.17) is 5.73 Å². The van der Waals surface area contributed by atoms with Gasteiger partial charge in [-0.25, -0.2) is 0 Å². The minimum Gasteiger partial charge on any atom is -0.324 e. The molecule has 4 nitrogen and oxygen atoms in total. The van der Waals surface area contributed by atoms with Gasteiger partial charge in [0.2, 0.25) is 5.91 Å². The number of hydrogen-bond donors (Lipinski definition) is 1. The van der Waals surface area contributed by atoms with Crippen molar-refractivity contribution >= 4 is 17.7 Å². The zero-order valence-electron chi connectivity index (χ0n) is 16.6. The SMILES string of the molecule is CCCCCCCCCC1SC(c2cccnc2)N(CC(C)(C)N)C1=O. The summed E-state index contributed by atoms with van der Waals surface area (Å²) >= 11 is 1.77. The summed E-state index contributed by atoms with van der Waals surface area (Å²) < 4.78 is 0. The van der Waals surface area contributed by atoms with Crippen LogP contribution in [0.5, 0.6) is 0 Å². The van der Waals surface area contributed by atoms with E-state index in [2.05, 4.69) is 18.0 Å². The third kappa shape index (κ3) is 6.58. The molecule has 0 aliphatic carbocycles. The molecular weight excluding hydrogens is 342 g/mol. The van der Waals surface area contributed by atoms with Crippen molar-refractivity contribution in [3.8, 4) is 0 Å². The summed E-state index contributed by atoms with van der Waals surface area (Å²) in [4.78, 5) is 19.2. The topological polar surface area (TPSA) is 59.2 Å². The molecule has 1 saturated heterocycles. The van der Waals surface area contributed by atoms with Crippen molar-refractivity contribution in [1.82, 2.24) is 9.88 Å². The first-order chi connectivity index (χ1) is 12.4. The summed E-state index contributed by atoms with van der Waals surface area (Å²) in [6.07, 6.45) is 13.6. The molecule has 1 aromatic heterocycles. The summed E-state index contributed by atoms with van der Waals surface area (Å²) in [5.74, 6) is 0.244. The van der Waals surface area contributed by atoms with Gasteiger partial charge in [-0.15, -0.1) is 11.8 Å². The Balaban J connectivity index is 1.91. The Bertz CT molecular complexity index is 544. The number of rotatable bonds is 11. The fourth-order valence-electron chi connectivity index (χ4n) is 3.45. The van der Waals surface area contributed by atoms with Gasteiger partial charge in [0.1, 0.15) is 5.37 Å². The second-order valence-corrected chi connectivity index (χ2v) is 9.42. The van der Waals surface area contributed by atoms with Gasteiger partial charge in [0.05, 0.1) is 5.25 Å². The predicted molar refractivity (Wildman–Crippen MR) is 111 cm³/mol. The molecule has 2 atom stereocenters. The first-order valence-corrected chi connectivity index (χ1v) is 11.0. The van der Waals surface area contributed by atoms with E-state index in [1.807, 2.05) is 31.0 Å². The molecule has 0 aromatic carbocycles. The van der Waals surface area contributed by atoms with Crippen LogP contribution in [-0.2, 0) is 4.79 Å². The molecule has 0 bridgehead atoms. The van der Waals surface area contributed by atoms with Gasteiger partial charge >= 0.3 is 0 Å². The lowest BCUT2D eigenvalue weighted by atomic mass is 10.0. The number of carbonyl (C=O) groups excluding carboxylic acids is 1. The number of pyridine rings is 1. The first-order valence-electron chi connectivity index (χ1n) is 10.1. The van der Waals surface area contributed by atoms with Crippen molar-refractivity contribution in [3.05, 3.63) is 30.1 Å².